The van der Waals surface area contributed by atoms with Gasteiger partial charge in [0.1, 0.15) is 0 Å². The summed E-state index contributed by atoms with van der Waals surface area (Å²) in [5, 5.41) is 2.87. The van der Waals surface area contributed by atoms with Gasteiger partial charge in [0.2, 0.25) is 0 Å². The fourth-order valence-corrected chi connectivity index (χ4v) is 6.26. The van der Waals surface area contributed by atoms with Gasteiger partial charge in [-0.3, -0.25) is 0 Å². The normalized spacial score (nSPS) is 31.2. The molecule has 112 valence electrons. The topological polar surface area (TPSA) is 46.2 Å². The molecule has 0 radical (unpaired) electrons. The second-order valence-electron chi connectivity index (χ2n) is 5.92. The second-order valence-corrected chi connectivity index (χ2v) is 8.94. The maximum atomic E-state index is 13.0. The fourth-order valence-electron chi connectivity index (χ4n) is 3.43. The first-order valence-electron chi connectivity index (χ1n) is 7.03. The van der Waals surface area contributed by atoms with Crippen molar-refractivity contribution < 1.29 is 8.42 Å². The van der Waals surface area contributed by atoms with Crippen LogP contribution >= 0.6 is 15.9 Å². The van der Waals surface area contributed by atoms with Crippen molar-refractivity contribution >= 4 is 25.8 Å². The number of benzene rings is 1. The lowest BCUT2D eigenvalue weighted by atomic mass is 9.80. The molecule has 0 saturated heterocycles. The molecule has 3 nitrogen and oxygen atoms in total. The second kappa shape index (κ2) is 6.16. The van der Waals surface area contributed by atoms with Crippen LogP contribution in [0.25, 0.3) is 0 Å². The maximum absolute atomic E-state index is 13.0. The third kappa shape index (κ3) is 3.10. The number of nitrogens with one attached hydrogen (secondary N) is 1. The molecule has 0 heterocycles. The first kappa shape index (κ1) is 16.0. The lowest BCUT2D eigenvalue weighted by molar-refractivity contribution is 0.249. The molecule has 1 aromatic rings. The molecule has 1 fully saturated rings. The molecule has 20 heavy (non-hydrogen) atoms. The van der Waals surface area contributed by atoms with E-state index in [1.807, 2.05) is 13.1 Å². The predicted octanol–water partition coefficient (Wildman–Crippen LogP) is 3.25. The first-order chi connectivity index (χ1) is 9.36. The smallest absolute Gasteiger partial charge is 0.183 e. The average molecular weight is 360 g/mol. The van der Waals surface area contributed by atoms with Crippen LogP contribution < -0.4 is 5.32 Å². The Hall–Kier alpha value is -0.390. The molecule has 1 aliphatic rings. The maximum Gasteiger partial charge on any atom is 0.183 e. The van der Waals surface area contributed by atoms with E-state index in [0.717, 1.165) is 17.3 Å². The first-order valence-corrected chi connectivity index (χ1v) is 9.37. The summed E-state index contributed by atoms with van der Waals surface area (Å²) in [5.41, 5.74) is 0. The van der Waals surface area contributed by atoms with Crippen molar-refractivity contribution in [3.8, 4) is 0 Å². The van der Waals surface area contributed by atoms with E-state index >= 15 is 0 Å². The Morgan fingerprint density at radius 3 is 2.55 bits per heavy atom. The summed E-state index contributed by atoms with van der Waals surface area (Å²) >= 11 is 3.36. The van der Waals surface area contributed by atoms with Crippen LogP contribution in [-0.2, 0) is 9.84 Å². The summed E-state index contributed by atoms with van der Waals surface area (Å²) in [4.78, 5) is 0.415. The minimum Gasteiger partial charge on any atom is -0.316 e. The molecule has 2 rings (SSSR count). The predicted molar refractivity (Wildman–Crippen MR) is 85.5 cm³/mol. The van der Waals surface area contributed by atoms with Crippen molar-refractivity contribution in [3.63, 3.8) is 0 Å². The Balaban J connectivity index is 2.41. The van der Waals surface area contributed by atoms with Crippen LogP contribution in [0.2, 0.25) is 0 Å². The molecule has 4 atom stereocenters. The molecule has 0 bridgehead atoms. The van der Waals surface area contributed by atoms with Crippen LogP contribution in [-0.4, -0.2) is 26.8 Å². The standard InChI is InChI=1S/C15H22BrNO2S/c1-10-7-11(2)15(14(8-10)17-3)20(18,19)13-6-4-5-12(16)9-13/h4-6,9-11,14-15,17H,7-8H2,1-3H3. The summed E-state index contributed by atoms with van der Waals surface area (Å²) in [6.07, 6.45) is 1.88. The number of hydrogen-bond donors (Lipinski definition) is 1. The van der Waals surface area contributed by atoms with Gasteiger partial charge in [0.15, 0.2) is 9.84 Å². The highest BCUT2D eigenvalue weighted by atomic mass is 79.9. The molecule has 1 N–H and O–H groups in total. The van der Waals surface area contributed by atoms with Gasteiger partial charge in [-0.2, -0.15) is 0 Å². The van der Waals surface area contributed by atoms with Gasteiger partial charge in [-0.1, -0.05) is 35.8 Å². The third-order valence-electron chi connectivity index (χ3n) is 4.24. The highest BCUT2D eigenvalue weighted by molar-refractivity contribution is 9.10. The van der Waals surface area contributed by atoms with Crippen LogP contribution in [0.15, 0.2) is 33.6 Å². The summed E-state index contributed by atoms with van der Waals surface area (Å²) < 4.78 is 26.7. The van der Waals surface area contributed by atoms with Crippen LogP contribution in [0.4, 0.5) is 0 Å². The molecule has 4 unspecified atom stereocenters. The van der Waals surface area contributed by atoms with Gasteiger partial charge in [-0.05, 0) is 49.9 Å². The van der Waals surface area contributed by atoms with Gasteiger partial charge in [0, 0.05) is 10.5 Å². The summed E-state index contributed by atoms with van der Waals surface area (Å²) in [5.74, 6) is 0.733. The Labute approximate surface area is 130 Å². The van der Waals surface area contributed by atoms with Crippen LogP contribution in [0.1, 0.15) is 26.7 Å². The molecule has 0 aromatic heterocycles. The lowest BCUT2D eigenvalue weighted by Crippen LogP contribution is -2.50. The third-order valence-corrected chi connectivity index (χ3v) is 7.16. The molecular weight excluding hydrogens is 338 g/mol. The minimum atomic E-state index is -3.31. The van der Waals surface area contributed by atoms with Crippen molar-refractivity contribution in [2.24, 2.45) is 11.8 Å². The van der Waals surface area contributed by atoms with E-state index < -0.39 is 9.84 Å². The summed E-state index contributed by atoms with van der Waals surface area (Å²) in [6.45, 7) is 4.25. The van der Waals surface area contributed by atoms with E-state index in [0.29, 0.717) is 10.8 Å². The molecule has 1 aromatic carbocycles. The number of halogens is 1. The zero-order valence-corrected chi connectivity index (χ0v) is 14.5. The SMILES string of the molecule is CNC1CC(C)CC(C)C1S(=O)(=O)c1cccc(Br)c1. The minimum absolute atomic E-state index is 0.0257. The van der Waals surface area contributed by atoms with Crippen molar-refractivity contribution in [1.82, 2.24) is 5.32 Å². The van der Waals surface area contributed by atoms with E-state index in [2.05, 4.69) is 35.1 Å². The Kier molecular flexibility index (Phi) is 4.92. The number of hydrogen-bond acceptors (Lipinski definition) is 3. The van der Waals surface area contributed by atoms with E-state index in [1.54, 1.807) is 18.2 Å². The number of rotatable bonds is 3. The Bertz CT molecular complexity index is 573. The number of sulfone groups is 1. The van der Waals surface area contributed by atoms with Crippen molar-refractivity contribution in [2.45, 2.75) is 42.9 Å². The summed E-state index contributed by atoms with van der Waals surface area (Å²) in [7, 11) is -1.45. The Morgan fingerprint density at radius 1 is 1.25 bits per heavy atom. The zero-order valence-electron chi connectivity index (χ0n) is 12.1. The molecular formula is C15H22BrNO2S. The monoisotopic (exact) mass is 359 g/mol. The lowest BCUT2D eigenvalue weighted by Gasteiger charge is -2.39. The van der Waals surface area contributed by atoms with Gasteiger partial charge < -0.3 is 5.32 Å². The van der Waals surface area contributed by atoms with Crippen LogP contribution in [0, 0.1) is 11.8 Å². The van der Waals surface area contributed by atoms with Crippen LogP contribution in [0.3, 0.4) is 0 Å². The van der Waals surface area contributed by atoms with Gasteiger partial charge in [0.25, 0.3) is 0 Å². The molecule has 0 amide bonds. The highest BCUT2D eigenvalue weighted by Gasteiger charge is 2.42. The zero-order chi connectivity index (χ0) is 14.9. The van der Waals surface area contributed by atoms with E-state index in [1.165, 1.54) is 0 Å². The van der Waals surface area contributed by atoms with Gasteiger partial charge in [-0.25, -0.2) is 8.42 Å². The van der Waals surface area contributed by atoms with E-state index in [-0.39, 0.29) is 17.2 Å². The van der Waals surface area contributed by atoms with Crippen molar-refractivity contribution in [3.05, 3.63) is 28.7 Å². The molecule has 0 aliphatic heterocycles. The van der Waals surface area contributed by atoms with Crippen molar-refractivity contribution in [1.29, 1.82) is 0 Å². The largest absolute Gasteiger partial charge is 0.316 e. The molecule has 1 aliphatic carbocycles. The van der Waals surface area contributed by atoms with Gasteiger partial charge in [0.05, 0.1) is 10.1 Å². The molecule has 1 saturated carbocycles. The molecule has 0 spiro atoms. The Morgan fingerprint density at radius 2 is 1.95 bits per heavy atom. The van der Waals surface area contributed by atoms with Crippen molar-refractivity contribution in [2.75, 3.05) is 7.05 Å². The van der Waals surface area contributed by atoms with Crippen LogP contribution in [0.5, 0.6) is 0 Å². The highest BCUT2D eigenvalue weighted by Crippen LogP contribution is 2.36. The summed E-state index contributed by atoms with van der Waals surface area (Å²) in [6, 6.07) is 7.05. The van der Waals surface area contributed by atoms with Gasteiger partial charge >= 0.3 is 0 Å². The average Bonchev–Trinajstić information content (AvgIpc) is 2.37. The fraction of sp³-hybridized carbons (Fsp3) is 0.600. The van der Waals surface area contributed by atoms with Gasteiger partial charge in [-0.15, -0.1) is 0 Å². The quantitative estimate of drug-likeness (QED) is 0.900. The molecule has 5 heteroatoms. The van der Waals surface area contributed by atoms with E-state index in [9.17, 15) is 8.42 Å². The van der Waals surface area contributed by atoms with E-state index in [4.69, 9.17) is 0 Å².